The van der Waals surface area contributed by atoms with Crippen LogP contribution in [0.2, 0.25) is 0 Å². The molecule has 114 valence electrons. The number of benzene rings is 4. The second-order valence-electron chi connectivity index (χ2n) is 6.10. The number of oxazole rings is 1. The highest BCUT2D eigenvalue weighted by molar-refractivity contribution is 6.22. The van der Waals surface area contributed by atoms with E-state index in [1.165, 1.54) is 10.8 Å². The van der Waals surface area contributed by atoms with E-state index in [1.54, 1.807) is 0 Å². The molecule has 0 N–H and O–H groups in total. The Labute approximate surface area is 139 Å². The zero-order valence-corrected chi connectivity index (χ0v) is 13.3. The molecule has 0 amide bonds. The van der Waals surface area contributed by atoms with E-state index < -0.39 is 0 Å². The Bertz CT molecular complexity index is 1140. The minimum Gasteiger partial charge on any atom is -0.435 e. The van der Waals surface area contributed by atoms with Crippen LogP contribution in [0.25, 0.3) is 44.1 Å². The Morgan fingerprint density at radius 1 is 0.667 bits per heavy atom. The fraction of sp³-hybridized carbons (Fsp3) is 0.0455. The molecule has 2 heteroatoms. The van der Waals surface area contributed by atoms with Gasteiger partial charge in [0.05, 0.1) is 0 Å². The molecule has 0 aliphatic carbocycles. The van der Waals surface area contributed by atoms with Gasteiger partial charge < -0.3 is 4.42 Å². The van der Waals surface area contributed by atoms with E-state index in [1.807, 2.05) is 18.2 Å². The van der Waals surface area contributed by atoms with Crippen LogP contribution in [0.1, 0.15) is 5.56 Å². The minimum atomic E-state index is 0.685. The molecule has 0 unspecified atom stereocenters. The summed E-state index contributed by atoms with van der Waals surface area (Å²) in [6.07, 6.45) is 0. The van der Waals surface area contributed by atoms with E-state index in [0.717, 1.165) is 33.0 Å². The van der Waals surface area contributed by atoms with Gasteiger partial charge >= 0.3 is 0 Å². The van der Waals surface area contributed by atoms with Crippen molar-refractivity contribution in [1.82, 2.24) is 4.98 Å². The van der Waals surface area contributed by atoms with Gasteiger partial charge in [-0.1, -0.05) is 66.7 Å². The molecule has 0 fully saturated rings. The number of nitrogens with zero attached hydrogens (tertiary/aromatic N) is 1. The first-order chi connectivity index (χ1) is 11.8. The van der Waals surface area contributed by atoms with Gasteiger partial charge in [-0.05, 0) is 29.3 Å². The van der Waals surface area contributed by atoms with Crippen LogP contribution in [0, 0.1) is 6.92 Å². The average molecular weight is 309 g/mol. The van der Waals surface area contributed by atoms with Crippen LogP contribution in [0.5, 0.6) is 0 Å². The third-order valence-corrected chi connectivity index (χ3v) is 4.65. The van der Waals surface area contributed by atoms with Gasteiger partial charge in [-0.3, -0.25) is 0 Å². The van der Waals surface area contributed by atoms with Crippen LogP contribution >= 0.6 is 0 Å². The number of hydrogen-bond acceptors (Lipinski definition) is 2. The van der Waals surface area contributed by atoms with Gasteiger partial charge in [0.1, 0.15) is 5.52 Å². The Morgan fingerprint density at radius 3 is 2.00 bits per heavy atom. The van der Waals surface area contributed by atoms with Gasteiger partial charge in [0.2, 0.25) is 5.89 Å². The summed E-state index contributed by atoms with van der Waals surface area (Å²) in [5.74, 6) is 0.685. The average Bonchev–Trinajstić information content (AvgIpc) is 3.08. The highest BCUT2D eigenvalue weighted by Gasteiger charge is 2.16. The summed E-state index contributed by atoms with van der Waals surface area (Å²) in [6, 6.07) is 25.0. The van der Waals surface area contributed by atoms with Crippen LogP contribution in [-0.4, -0.2) is 4.98 Å². The molecule has 5 aromatic rings. The molecule has 4 aromatic carbocycles. The Kier molecular flexibility index (Phi) is 2.74. The zero-order valence-electron chi connectivity index (χ0n) is 13.3. The maximum atomic E-state index is 6.25. The fourth-order valence-electron chi connectivity index (χ4n) is 3.45. The van der Waals surface area contributed by atoms with Crippen molar-refractivity contribution < 1.29 is 4.42 Å². The molecule has 0 spiro atoms. The van der Waals surface area contributed by atoms with Gasteiger partial charge in [-0.2, -0.15) is 0 Å². The van der Waals surface area contributed by atoms with Crippen molar-refractivity contribution in [1.29, 1.82) is 0 Å². The van der Waals surface area contributed by atoms with Crippen molar-refractivity contribution in [3.63, 3.8) is 0 Å². The molecule has 0 atom stereocenters. The lowest BCUT2D eigenvalue weighted by atomic mass is 10.0. The first-order valence-corrected chi connectivity index (χ1v) is 8.09. The molecule has 0 radical (unpaired) electrons. The monoisotopic (exact) mass is 309 g/mol. The number of hydrogen-bond donors (Lipinski definition) is 0. The van der Waals surface area contributed by atoms with Gasteiger partial charge in [-0.15, -0.1) is 0 Å². The maximum absolute atomic E-state index is 6.25. The quantitative estimate of drug-likeness (QED) is 0.349. The van der Waals surface area contributed by atoms with E-state index >= 15 is 0 Å². The Balaban J connectivity index is 1.98. The van der Waals surface area contributed by atoms with E-state index in [-0.39, 0.29) is 0 Å². The third kappa shape index (κ3) is 1.80. The summed E-state index contributed by atoms with van der Waals surface area (Å²) in [7, 11) is 0. The Morgan fingerprint density at radius 2 is 1.25 bits per heavy atom. The summed E-state index contributed by atoms with van der Waals surface area (Å²) in [4.78, 5) is 4.86. The number of aromatic nitrogens is 1. The van der Waals surface area contributed by atoms with Crippen molar-refractivity contribution >= 4 is 32.6 Å². The molecular formula is C22H15NO. The molecule has 0 saturated carbocycles. The van der Waals surface area contributed by atoms with Crippen LogP contribution in [0.3, 0.4) is 0 Å². The standard InChI is InChI=1S/C22H15NO/c1-14-8-2-3-9-15(14)22-23-20-18-12-6-4-10-16(18)17-11-5-7-13-19(17)21(20)24-22/h2-13H,1H3. The molecule has 1 aromatic heterocycles. The van der Waals surface area contributed by atoms with Crippen molar-refractivity contribution in [3.05, 3.63) is 78.4 Å². The summed E-state index contributed by atoms with van der Waals surface area (Å²) in [6.45, 7) is 2.08. The minimum absolute atomic E-state index is 0.685. The first-order valence-electron chi connectivity index (χ1n) is 8.09. The molecule has 0 saturated heterocycles. The SMILES string of the molecule is Cc1ccccc1-c1nc2c3ccccc3c3ccccc3c2o1. The summed E-state index contributed by atoms with van der Waals surface area (Å²) >= 11 is 0. The van der Waals surface area contributed by atoms with E-state index in [2.05, 4.69) is 61.5 Å². The van der Waals surface area contributed by atoms with Crippen LogP contribution < -0.4 is 0 Å². The maximum Gasteiger partial charge on any atom is 0.227 e. The lowest BCUT2D eigenvalue weighted by molar-refractivity contribution is 0.622. The molecule has 0 aliphatic heterocycles. The highest BCUT2D eigenvalue weighted by atomic mass is 16.3. The van der Waals surface area contributed by atoms with Gasteiger partial charge in [0.25, 0.3) is 0 Å². The van der Waals surface area contributed by atoms with Crippen LogP contribution in [-0.2, 0) is 0 Å². The van der Waals surface area contributed by atoms with E-state index in [9.17, 15) is 0 Å². The summed E-state index contributed by atoms with van der Waals surface area (Å²) in [5.41, 5.74) is 4.00. The van der Waals surface area contributed by atoms with Gasteiger partial charge in [0, 0.05) is 16.3 Å². The third-order valence-electron chi connectivity index (χ3n) is 4.65. The van der Waals surface area contributed by atoms with E-state index in [4.69, 9.17) is 9.40 Å². The molecule has 0 bridgehead atoms. The number of rotatable bonds is 1. The topological polar surface area (TPSA) is 26.0 Å². The molecule has 2 nitrogen and oxygen atoms in total. The normalized spacial score (nSPS) is 11.5. The van der Waals surface area contributed by atoms with Crippen LogP contribution in [0.4, 0.5) is 0 Å². The first kappa shape index (κ1) is 13.3. The predicted octanol–water partition coefficient (Wildman–Crippen LogP) is 6.11. The Hall–Kier alpha value is -3.13. The largest absolute Gasteiger partial charge is 0.435 e. The van der Waals surface area contributed by atoms with Crippen LogP contribution in [0.15, 0.2) is 77.2 Å². The zero-order chi connectivity index (χ0) is 16.1. The second-order valence-corrected chi connectivity index (χ2v) is 6.10. The molecule has 5 rings (SSSR count). The van der Waals surface area contributed by atoms with Gasteiger partial charge in [-0.25, -0.2) is 4.98 Å². The smallest absolute Gasteiger partial charge is 0.227 e. The number of fused-ring (bicyclic) bond motifs is 6. The van der Waals surface area contributed by atoms with E-state index in [0.29, 0.717) is 5.89 Å². The summed E-state index contributed by atoms with van der Waals surface area (Å²) in [5, 5.41) is 4.66. The lowest BCUT2D eigenvalue weighted by Crippen LogP contribution is -1.82. The van der Waals surface area contributed by atoms with Crippen molar-refractivity contribution in [3.8, 4) is 11.5 Å². The highest BCUT2D eigenvalue weighted by Crippen LogP contribution is 2.37. The molecule has 1 heterocycles. The molecule has 0 aliphatic rings. The van der Waals surface area contributed by atoms with Gasteiger partial charge in [0.15, 0.2) is 5.58 Å². The van der Waals surface area contributed by atoms with Crippen molar-refractivity contribution in [2.75, 3.05) is 0 Å². The summed E-state index contributed by atoms with van der Waals surface area (Å²) < 4.78 is 6.25. The fourth-order valence-corrected chi connectivity index (χ4v) is 3.45. The van der Waals surface area contributed by atoms with Crippen molar-refractivity contribution in [2.24, 2.45) is 0 Å². The second kappa shape index (κ2) is 4.93. The lowest BCUT2D eigenvalue weighted by Gasteiger charge is -2.04. The van der Waals surface area contributed by atoms with Crippen molar-refractivity contribution in [2.45, 2.75) is 6.92 Å². The molecular weight excluding hydrogens is 294 g/mol. The number of aryl methyl sites for hydroxylation is 1. The molecule has 24 heavy (non-hydrogen) atoms. The predicted molar refractivity (Wildman–Crippen MR) is 99.2 cm³/mol.